The summed E-state index contributed by atoms with van der Waals surface area (Å²) >= 11 is 0. The van der Waals surface area contributed by atoms with E-state index in [0.717, 1.165) is 22.3 Å². The Bertz CT molecular complexity index is 1440. The van der Waals surface area contributed by atoms with Gasteiger partial charge in [-0.2, -0.15) is 20.4 Å². The summed E-state index contributed by atoms with van der Waals surface area (Å²) < 4.78 is 0. The first-order valence-electron chi connectivity index (χ1n) is 10.8. The highest BCUT2D eigenvalue weighted by atomic mass is 15.3. The van der Waals surface area contributed by atoms with Crippen molar-refractivity contribution in [2.45, 2.75) is 0 Å². The molecule has 0 amide bonds. The first-order valence-corrected chi connectivity index (χ1v) is 10.8. The zero-order chi connectivity index (χ0) is 25.1. The maximum absolute atomic E-state index is 5.79. The van der Waals surface area contributed by atoms with Crippen LogP contribution in [0.5, 0.6) is 0 Å². The number of hydrogen-bond acceptors (Lipinski definition) is 10. The van der Waals surface area contributed by atoms with Gasteiger partial charge in [0.2, 0.25) is 0 Å². The van der Waals surface area contributed by atoms with Crippen molar-refractivity contribution >= 4 is 46.0 Å². The molecule has 0 aliphatic rings. The third-order valence-corrected chi connectivity index (χ3v) is 5.34. The number of rotatable bonds is 6. The molecule has 0 spiro atoms. The summed E-state index contributed by atoms with van der Waals surface area (Å²) in [5.41, 5.74) is 29.0. The predicted octanol–water partition coefficient (Wildman–Crippen LogP) is 5.63. The van der Waals surface area contributed by atoms with Crippen molar-refractivity contribution in [3.8, 4) is 22.3 Å². The number of nitrogens with two attached hydrogens (primary N) is 4. The van der Waals surface area contributed by atoms with E-state index in [2.05, 4.69) is 46.9 Å². The van der Waals surface area contributed by atoms with E-state index < -0.39 is 0 Å². The molecular weight excluding hydrogens is 456 g/mol. The minimum Gasteiger partial charge on any atom is -0.382 e. The summed E-state index contributed by atoms with van der Waals surface area (Å²) in [5, 5.41) is 29.6. The number of aromatic amines is 2. The van der Waals surface area contributed by atoms with Crippen LogP contribution >= 0.6 is 0 Å². The van der Waals surface area contributed by atoms with Gasteiger partial charge in [-0.25, -0.2) is 0 Å². The molecule has 0 fully saturated rings. The fourth-order valence-corrected chi connectivity index (χ4v) is 3.53. The average molecular weight is 479 g/mol. The van der Waals surface area contributed by atoms with Crippen LogP contribution in [0.1, 0.15) is 0 Å². The molecule has 0 aliphatic carbocycles. The van der Waals surface area contributed by atoms with Crippen LogP contribution in [0.2, 0.25) is 0 Å². The highest BCUT2D eigenvalue weighted by Gasteiger charge is 2.08. The van der Waals surface area contributed by atoms with Crippen LogP contribution in [-0.2, 0) is 0 Å². The topological polar surface area (TPSA) is 211 Å². The number of benzene rings is 3. The fraction of sp³-hybridized carbons (Fsp3) is 0. The molecule has 0 saturated heterocycles. The standard InChI is InChI=1S/C24H22N12/c25-21-19(22(26)34-33-21)31-29-17-8-2-6-15(11-17)13-4-1-5-14(10-13)16-7-3-9-18(12-16)30-32-20-23(27)35-36-24(20)28/h1-12H,(H5,25,26,33,34)(H5,27,28,35,36). The molecule has 10 N–H and O–H groups in total. The number of H-pyrrole nitrogens is 2. The number of aromatic nitrogens is 4. The lowest BCUT2D eigenvalue weighted by molar-refractivity contribution is 1.11. The van der Waals surface area contributed by atoms with Gasteiger partial charge >= 0.3 is 0 Å². The Morgan fingerprint density at radius 3 is 1.28 bits per heavy atom. The second kappa shape index (κ2) is 9.38. The Hall–Kier alpha value is -5.52. The molecule has 3 aromatic carbocycles. The molecule has 5 aromatic rings. The highest BCUT2D eigenvalue weighted by Crippen LogP contribution is 2.33. The van der Waals surface area contributed by atoms with Gasteiger partial charge in [0.1, 0.15) is 11.6 Å². The quantitative estimate of drug-likeness (QED) is 0.170. The summed E-state index contributed by atoms with van der Waals surface area (Å²) in [4.78, 5) is 0. The van der Waals surface area contributed by atoms with E-state index in [-0.39, 0.29) is 23.3 Å². The van der Waals surface area contributed by atoms with E-state index in [1.165, 1.54) is 0 Å². The second-order valence-electron chi connectivity index (χ2n) is 7.82. The smallest absolute Gasteiger partial charge is 0.175 e. The number of nitrogen functional groups attached to an aromatic ring is 4. The molecule has 0 saturated carbocycles. The molecule has 0 unspecified atom stereocenters. The summed E-state index contributed by atoms with van der Waals surface area (Å²) in [6.07, 6.45) is 0. The second-order valence-corrected chi connectivity index (χ2v) is 7.82. The van der Waals surface area contributed by atoms with Crippen molar-refractivity contribution in [1.82, 2.24) is 20.4 Å². The minimum absolute atomic E-state index is 0.193. The van der Waals surface area contributed by atoms with E-state index in [4.69, 9.17) is 22.9 Å². The number of anilines is 4. The normalized spacial score (nSPS) is 11.6. The van der Waals surface area contributed by atoms with Gasteiger partial charge in [-0.3, -0.25) is 10.2 Å². The predicted molar refractivity (Wildman–Crippen MR) is 140 cm³/mol. The van der Waals surface area contributed by atoms with Crippen LogP contribution in [0.15, 0.2) is 93.3 Å². The molecule has 36 heavy (non-hydrogen) atoms. The molecular formula is C24H22N12. The summed E-state index contributed by atoms with van der Waals surface area (Å²) in [7, 11) is 0. The zero-order valence-electron chi connectivity index (χ0n) is 18.9. The molecule has 178 valence electrons. The first kappa shape index (κ1) is 22.3. The molecule has 12 nitrogen and oxygen atoms in total. The van der Waals surface area contributed by atoms with Crippen LogP contribution in [-0.4, -0.2) is 20.4 Å². The molecule has 2 aromatic heterocycles. The van der Waals surface area contributed by atoms with Gasteiger partial charge in [0, 0.05) is 0 Å². The van der Waals surface area contributed by atoms with Crippen molar-refractivity contribution < 1.29 is 0 Å². The minimum atomic E-state index is 0.193. The summed E-state index contributed by atoms with van der Waals surface area (Å²) in [5.74, 6) is 0.911. The van der Waals surface area contributed by atoms with Gasteiger partial charge in [0.15, 0.2) is 23.0 Å². The van der Waals surface area contributed by atoms with Crippen molar-refractivity contribution in [3.63, 3.8) is 0 Å². The molecule has 2 heterocycles. The number of nitrogens with zero attached hydrogens (tertiary/aromatic N) is 6. The van der Waals surface area contributed by atoms with Crippen molar-refractivity contribution in [2.24, 2.45) is 20.5 Å². The third kappa shape index (κ3) is 4.59. The number of azo groups is 2. The van der Waals surface area contributed by atoms with E-state index >= 15 is 0 Å². The molecule has 12 heteroatoms. The third-order valence-electron chi connectivity index (χ3n) is 5.34. The average Bonchev–Trinajstić information content (AvgIpc) is 3.40. The van der Waals surface area contributed by atoms with E-state index in [1.807, 2.05) is 66.7 Å². The van der Waals surface area contributed by atoms with Crippen LogP contribution in [0, 0.1) is 0 Å². The molecule has 0 bridgehead atoms. The highest BCUT2D eigenvalue weighted by molar-refractivity contribution is 5.76. The number of hydrogen-bond donors (Lipinski definition) is 6. The van der Waals surface area contributed by atoms with Gasteiger partial charge in [-0.1, -0.05) is 42.5 Å². The zero-order valence-corrected chi connectivity index (χ0v) is 18.9. The maximum atomic E-state index is 5.79. The van der Waals surface area contributed by atoms with Gasteiger partial charge < -0.3 is 22.9 Å². The first-order chi connectivity index (χ1) is 17.5. The van der Waals surface area contributed by atoms with Crippen LogP contribution in [0.4, 0.5) is 46.0 Å². The monoisotopic (exact) mass is 478 g/mol. The molecule has 0 radical (unpaired) electrons. The molecule has 0 atom stereocenters. The summed E-state index contributed by atoms with van der Waals surface area (Å²) in [6, 6.07) is 23.5. The Morgan fingerprint density at radius 2 is 0.889 bits per heavy atom. The van der Waals surface area contributed by atoms with Gasteiger partial charge in [-0.15, -0.1) is 10.2 Å². The lowest BCUT2D eigenvalue weighted by Gasteiger charge is -2.07. The van der Waals surface area contributed by atoms with Gasteiger partial charge in [-0.05, 0) is 52.6 Å². The van der Waals surface area contributed by atoms with Gasteiger partial charge in [0.05, 0.1) is 11.4 Å². The fourth-order valence-electron chi connectivity index (χ4n) is 3.53. The van der Waals surface area contributed by atoms with E-state index in [9.17, 15) is 0 Å². The van der Waals surface area contributed by atoms with Crippen LogP contribution in [0.3, 0.4) is 0 Å². The Kier molecular flexibility index (Phi) is 5.81. The Morgan fingerprint density at radius 1 is 0.500 bits per heavy atom. The van der Waals surface area contributed by atoms with Crippen LogP contribution < -0.4 is 22.9 Å². The lowest BCUT2D eigenvalue weighted by Crippen LogP contribution is -1.84. The van der Waals surface area contributed by atoms with E-state index in [0.29, 0.717) is 22.7 Å². The van der Waals surface area contributed by atoms with Crippen molar-refractivity contribution in [1.29, 1.82) is 0 Å². The Labute approximate surface area is 205 Å². The summed E-state index contributed by atoms with van der Waals surface area (Å²) in [6.45, 7) is 0. The largest absolute Gasteiger partial charge is 0.382 e. The molecule has 0 aliphatic heterocycles. The Balaban J connectivity index is 1.41. The molecule has 5 rings (SSSR count). The maximum Gasteiger partial charge on any atom is 0.175 e. The van der Waals surface area contributed by atoms with Gasteiger partial charge in [0.25, 0.3) is 0 Å². The number of nitrogens with one attached hydrogen (secondary N) is 2. The van der Waals surface area contributed by atoms with Crippen molar-refractivity contribution in [3.05, 3.63) is 72.8 Å². The SMILES string of the molecule is Nc1n[nH]c(N)c1N=Nc1cccc(-c2cccc(-c3cccc(N=Nc4c(N)n[nH]c4N)c3)c2)c1. The van der Waals surface area contributed by atoms with E-state index in [1.54, 1.807) is 0 Å². The van der Waals surface area contributed by atoms with Crippen molar-refractivity contribution in [2.75, 3.05) is 22.9 Å². The van der Waals surface area contributed by atoms with Crippen LogP contribution in [0.25, 0.3) is 22.3 Å². The lowest BCUT2D eigenvalue weighted by atomic mass is 9.98.